The lowest BCUT2D eigenvalue weighted by Gasteiger charge is -2.15. The van der Waals surface area contributed by atoms with Gasteiger partial charge in [0, 0.05) is 23.9 Å². The summed E-state index contributed by atoms with van der Waals surface area (Å²) in [6, 6.07) is 11.7. The summed E-state index contributed by atoms with van der Waals surface area (Å²) in [7, 11) is 1.59. The first kappa shape index (κ1) is 25.5. The molecular formula is C24H27N5O6S. The van der Waals surface area contributed by atoms with E-state index in [0.29, 0.717) is 46.9 Å². The van der Waals surface area contributed by atoms with E-state index in [1.165, 1.54) is 17.8 Å². The van der Waals surface area contributed by atoms with Gasteiger partial charge in [0.15, 0.2) is 11.0 Å². The Bertz CT molecular complexity index is 1210. The van der Waals surface area contributed by atoms with Gasteiger partial charge in [-0.05, 0) is 56.2 Å². The van der Waals surface area contributed by atoms with E-state index in [-0.39, 0.29) is 30.1 Å². The van der Waals surface area contributed by atoms with Crippen LogP contribution in [0.15, 0.2) is 47.6 Å². The molecule has 1 amide bonds. The molecule has 0 radical (unpaired) electrons. The Labute approximate surface area is 212 Å². The van der Waals surface area contributed by atoms with Crippen LogP contribution in [0.5, 0.6) is 11.5 Å². The van der Waals surface area contributed by atoms with Gasteiger partial charge in [-0.25, -0.2) is 0 Å². The molecule has 0 aliphatic carbocycles. The van der Waals surface area contributed by atoms with E-state index >= 15 is 0 Å². The first-order chi connectivity index (χ1) is 17.4. The number of anilines is 1. The van der Waals surface area contributed by atoms with Gasteiger partial charge in [0.05, 0.1) is 30.4 Å². The van der Waals surface area contributed by atoms with Gasteiger partial charge in [-0.1, -0.05) is 11.8 Å². The summed E-state index contributed by atoms with van der Waals surface area (Å²) in [5.41, 5.74) is 1.22. The molecule has 2 aromatic carbocycles. The summed E-state index contributed by atoms with van der Waals surface area (Å²) < 4.78 is 18.7. The standard InChI is InChI=1S/C24H27N5O6S/c1-16-12-19(9-10-21(16)29(31)32)35-14-22-26-27-24(28(22)13-20-4-3-11-34-20)36-15-23(30)25-17-5-7-18(33-2)8-6-17/h5-10,12,20H,3-4,11,13-15H2,1-2H3,(H,25,30)/t20-/m1/s1. The van der Waals surface area contributed by atoms with Gasteiger partial charge >= 0.3 is 0 Å². The highest BCUT2D eigenvalue weighted by atomic mass is 32.2. The van der Waals surface area contributed by atoms with Gasteiger partial charge in [-0.2, -0.15) is 0 Å². The third-order valence-corrected chi connectivity index (χ3v) is 6.61. The van der Waals surface area contributed by atoms with E-state index in [9.17, 15) is 14.9 Å². The lowest BCUT2D eigenvalue weighted by atomic mass is 10.2. The van der Waals surface area contributed by atoms with Gasteiger partial charge in [-0.15, -0.1) is 10.2 Å². The minimum atomic E-state index is -0.425. The maximum atomic E-state index is 12.5. The number of nitro benzene ring substituents is 1. The summed E-state index contributed by atoms with van der Waals surface area (Å²) in [4.78, 5) is 23.1. The largest absolute Gasteiger partial charge is 0.497 e. The molecule has 190 valence electrons. The second-order valence-corrected chi connectivity index (χ2v) is 9.15. The summed E-state index contributed by atoms with van der Waals surface area (Å²) in [5, 5.41) is 23.1. The van der Waals surface area contributed by atoms with E-state index in [2.05, 4.69) is 15.5 Å². The van der Waals surface area contributed by atoms with Crippen molar-refractivity contribution in [3.8, 4) is 11.5 Å². The van der Waals surface area contributed by atoms with Crippen LogP contribution >= 0.6 is 11.8 Å². The second-order valence-electron chi connectivity index (χ2n) is 8.20. The molecule has 36 heavy (non-hydrogen) atoms. The van der Waals surface area contributed by atoms with Crippen molar-refractivity contribution in [2.45, 2.75) is 44.2 Å². The highest BCUT2D eigenvalue weighted by Crippen LogP contribution is 2.25. The number of carbonyl (C=O) groups is 1. The Kier molecular flexibility index (Phi) is 8.39. The number of rotatable bonds is 11. The van der Waals surface area contributed by atoms with Crippen LogP contribution in [-0.2, 0) is 22.7 Å². The molecule has 1 aromatic heterocycles. The molecule has 2 heterocycles. The molecule has 4 rings (SSSR count). The number of amides is 1. The van der Waals surface area contributed by atoms with Gasteiger partial charge in [0.2, 0.25) is 5.91 Å². The number of nitrogens with zero attached hydrogens (tertiary/aromatic N) is 4. The molecule has 0 spiro atoms. The predicted octanol–water partition coefficient (Wildman–Crippen LogP) is 3.99. The van der Waals surface area contributed by atoms with Crippen LogP contribution in [0, 0.1) is 17.0 Å². The summed E-state index contributed by atoms with van der Waals surface area (Å²) in [5.74, 6) is 1.77. The first-order valence-electron chi connectivity index (χ1n) is 11.4. The van der Waals surface area contributed by atoms with Crippen molar-refractivity contribution in [1.29, 1.82) is 0 Å². The molecule has 1 atom stereocenters. The molecule has 3 aromatic rings. The monoisotopic (exact) mass is 513 g/mol. The fourth-order valence-corrected chi connectivity index (χ4v) is 4.55. The van der Waals surface area contributed by atoms with Crippen LogP contribution in [0.2, 0.25) is 0 Å². The van der Waals surface area contributed by atoms with Gasteiger partial charge < -0.3 is 24.1 Å². The van der Waals surface area contributed by atoms with Crippen molar-refractivity contribution in [2.75, 3.05) is 24.8 Å². The number of thioether (sulfide) groups is 1. The average Bonchev–Trinajstić information content (AvgIpc) is 3.52. The highest BCUT2D eigenvalue weighted by Gasteiger charge is 2.22. The smallest absolute Gasteiger partial charge is 0.272 e. The molecule has 1 aliphatic rings. The number of ether oxygens (including phenoxy) is 3. The minimum Gasteiger partial charge on any atom is -0.497 e. The SMILES string of the molecule is COc1ccc(NC(=O)CSc2nnc(COc3ccc([N+](=O)[O-])c(C)c3)n2C[C@H]2CCCO2)cc1. The number of benzene rings is 2. The van der Waals surface area contributed by atoms with Crippen molar-refractivity contribution >= 4 is 29.0 Å². The Balaban J connectivity index is 1.42. The lowest BCUT2D eigenvalue weighted by molar-refractivity contribution is -0.385. The second kappa shape index (κ2) is 11.9. The highest BCUT2D eigenvalue weighted by molar-refractivity contribution is 7.99. The van der Waals surface area contributed by atoms with Crippen molar-refractivity contribution in [3.05, 3.63) is 64.0 Å². The minimum absolute atomic E-state index is 0.0360. The number of methoxy groups -OCH3 is 1. The predicted molar refractivity (Wildman–Crippen MR) is 134 cm³/mol. The number of carbonyl (C=O) groups excluding carboxylic acids is 1. The van der Waals surface area contributed by atoms with E-state index in [1.54, 1.807) is 50.4 Å². The molecule has 11 nitrogen and oxygen atoms in total. The van der Waals surface area contributed by atoms with Crippen molar-refractivity contribution in [3.63, 3.8) is 0 Å². The van der Waals surface area contributed by atoms with Crippen molar-refractivity contribution in [2.24, 2.45) is 0 Å². The Hall–Kier alpha value is -3.64. The van der Waals surface area contributed by atoms with Gasteiger partial charge in [0.25, 0.3) is 5.69 Å². The van der Waals surface area contributed by atoms with Crippen LogP contribution in [0.3, 0.4) is 0 Å². The lowest BCUT2D eigenvalue weighted by Crippen LogP contribution is -2.19. The van der Waals surface area contributed by atoms with Crippen molar-refractivity contribution in [1.82, 2.24) is 14.8 Å². The van der Waals surface area contributed by atoms with E-state index in [0.717, 1.165) is 12.8 Å². The Morgan fingerprint density at radius 3 is 2.69 bits per heavy atom. The number of nitrogens with one attached hydrogen (secondary N) is 1. The van der Waals surface area contributed by atoms with E-state index in [4.69, 9.17) is 14.2 Å². The normalized spacial score (nSPS) is 15.0. The van der Waals surface area contributed by atoms with Gasteiger partial charge in [-0.3, -0.25) is 14.9 Å². The summed E-state index contributed by atoms with van der Waals surface area (Å²) in [6.07, 6.45) is 1.96. The van der Waals surface area contributed by atoms with E-state index in [1.807, 2.05) is 4.57 Å². The molecule has 0 bridgehead atoms. The fourth-order valence-electron chi connectivity index (χ4n) is 3.78. The van der Waals surface area contributed by atoms with Crippen LogP contribution in [0.4, 0.5) is 11.4 Å². The zero-order valence-corrected chi connectivity index (χ0v) is 20.8. The number of aromatic nitrogens is 3. The van der Waals surface area contributed by atoms with Crippen molar-refractivity contribution < 1.29 is 23.9 Å². The zero-order chi connectivity index (χ0) is 25.5. The molecule has 1 aliphatic heterocycles. The molecule has 0 unspecified atom stereocenters. The average molecular weight is 514 g/mol. The summed E-state index contributed by atoms with van der Waals surface area (Å²) >= 11 is 1.28. The molecule has 0 saturated carbocycles. The number of hydrogen-bond donors (Lipinski definition) is 1. The number of aryl methyl sites for hydroxylation is 1. The van der Waals surface area contributed by atoms with Crippen LogP contribution < -0.4 is 14.8 Å². The fraction of sp³-hybridized carbons (Fsp3) is 0.375. The van der Waals surface area contributed by atoms with Gasteiger partial charge in [0.1, 0.15) is 18.1 Å². The van der Waals surface area contributed by atoms with E-state index < -0.39 is 4.92 Å². The summed E-state index contributed by atoms with van der Waals surface area (Å²) in [6.45, 7) is 3.05. The third kappa shape index (κ3) is 6.52. The molecular weight excluding hydrogens is 486 g/mol. The van der Waals surface area contributed by atoms with Crippen LogP contribution in [0.25, 0.3) is 0 Å². The van der Waals surface area contributed by atoms with Crippen LogP contribution in [0.1, 0.15) is 24.2 Å². The number of nitro groups is 1. The topological polar surface area (TPSA) is 131 Å². The van der Waals surface area contributed by atoms with Crippen LogP contribution in [-0.4, -0.2) is 51.2 Å². The molecule has 12 heteroatoms. The maximum absolute atomic E-state index is 12.5. The quantitative estimate of drug-likeness (QED) is 0.230. The molecule has 1 N–H and O–H groups in total. The maximum Gasteiger partial charge on any atom is 0.272 e. The molecule has 1 saturated heterocycles. The first-order valence-corrected chi connectivity index (χ1v) is 12.4. The number of hydrogen-bond acceptors (Lipinski definition) is 9. The third-order valence-electron chi connectivity index (χ3n) is 5.64. The Morgan fingerprint density at radius 1 is 1.25 bits per heavy atom. The molecule has 1 fully saturated rings. The Morgan fingerprint density at radius 2 is 2.03 bits per heavy atom. The zero-order valence-electron chi connectivity index (χ0n) is 20.0.